The number of likely N-dealkylation sites (N-methyl/N-ethyl adjacent to an activating group) is 1. The van der Waals surface area contributed by atoms with Crippen molar-refractivity contribution in [2.75, 3.05) is 45.2 Å². The van der Waals surface area contributed by atoms with Crippen LogP contribution >= 0.6 is 0 Å². The molecule has 2 aliphatic heterocycles. The number of benzene rings is 2. The molecule has 0 aliphatic carbocycles. The monoisotopic (exact) mass is 381 g/mol. The maximum atomic E-state index is 12.9. The van der Waals surface area contributed by atoms with E-state index in [1.807, 2.05) is 37.4 Å². The number of amides is 2. The van der Waals surface area contributed by atoms with Gasteiger partial charge in [-0.1, -0.05) is 30.3 Å². The molecule has 2 heterocycles. The third-order valence-corrected chi connectivity index (χ3v) is 5.02. The molecule has 1 N–H and O–H groups in total. The fraction of sp³-hybridized carbons (Fsp3) is 0.333. The van der Waals surface area contributed by atoms with Crippen molar-refractivity contribution in [3.05, 3.63) is 54.1 Å². The van der Waals surface area contributed by atoms with E-state index in [0.29, 0.717) is 43.5 Å². The van der Waals surface area contributed by atoms with Gasteiger partial charge in [0, 0.05) is 31.4 Å². The third-order valence-electron chi connectivity index (χ3n) is 5.02. The lowest BCUT2D eigenvalue weighted by Crippen LogP contribution is -2.52. The predicted octanol–water partition coefficient (Wildman–Crippen LogP) is 1.91. The highest BCUT2D eigenvalue weighted by Crippen LogP contribution is 2.32. The standard InChI is InChI=1S/C21H23N3O4/c1-23-9-10-24(17(14-23)15-5-3-2-4-6-15)21(26)20(25)22-16-7-8-18-19(13-16)28-12-11-27-18/h2-8,13,17H,9-12,14H2,1H3,(H,22,25)/t17-/m0/s1. The topological polar surface area (TPSA) is 71.1 Å². The number of ether oxygens (including phenoxy) is 2. The Morgan fingerprint density at radius 2 is 1.75 bits per heavy atom. The van der Waals surface area contributed by atoms with Crippen LogP contribution in [-0.2, 0) is 9.59 Å². The van der Waals surface area contributed by atoms with Crippen molar-refractivity contribution in [3.8, 4) is 11.5 Å². The van der Waals surface area contributed by atoms with Gasteiger partial charge in [-0.3, -0.25) is 9.59 Å². The normalized spacial score (nSPS) is 19.2. The minimum Gasteiger partial charge on any atom is -0.486 e. The highest BCUT2D eigenvalue weighted by molar-refractivity contribution is 6.39. The van der Waals surface area contributed by atoms with Gasteiger partial charge >= 0.3 is 11.8 Å². The Balaban J connectivity index is 1.50. The van der Waals surface area contributed by atoms with Gasteiger partial charge in [-0.2, -0.15) is 0 Å². The second kappa shape index (κ2) is 7.90. The average Bonchev–Trinajstić information content (AvgIpc) is 2.73. The molecule has 28 heavy (non-hydrogen) atoms. The summed E-state index contributed by atoms with van der Waals surface area (Å²) >= 11 is 0. The van der Waals surface area contributed by atoms with Crippen LogP contribution in [0.25, 0.3) is 0 Å². The number of hydrogen-bond donors (Lipinski definition) is 1. The summed E-state index contributed by atoms with van der Waals surface area (Å²) < 4.78 is 11.0. The molecule has 7 heteroatoms. The summed E-state index contributed by atoms with van der Waals surface area (Å²) in [6.45, 7) is 2.88. The molecule has 2 aromatic rings. The lowest BCUT2D eigenvalue weighted by molar-refractivity contribution is -0.146. The van der Waals surface area contributed by atoms with Crippen LogP contribution in [0.3, 0.4) is 0 Å². The maximum Gasteiger partial charge on any atom is 0.313 e. The molecule has 0 unspecified atom stereocenters. The molecule has 1 fully saturated rings. The van der Waals surface area contributed by atoms with Gasteiger partial charge in [-0.05, 0) is 24.7 Å². The Hall–Kier alpha value is -3.06. The molecule has 0 radical (unpaired) electrons. The summed E-state index contributed by atoms with van der Waals surface area (Å²) in [7, 11) is 2.02. The Morgan fingerprint density at radius 3 is 2.54 bits per heavy atom. The second-order valence-electron chi connectivity index (χ2n) is 7.00. The maximum absolute atomic E-state index is 12.9. The summed E-state index contributed by atoms with van der Waals surface area (Å²) in [5.74, 6) is 0.0241. The lowest BCUT2D eigenvalue weighted by Gasteiger charge is -2.39. The zero-order valence-electron chi connectivity index (χ0n) is 15.8. The van der Waals surface area contributed by atoms with Crippen molar-refractivity contribution in [1.82, 2.24) is 9.80 Å². The van der Waals surface area contributed by atoms with Gasteiger partial charge < -0.3 is 24.6 Å². The molecular weight excluding hydrogens is 358 g/mol. The minimum absolute atomic E-state index is 0.154. The summed E-state index contributed by atoms with van der Waals surface area (Å²) in [6.07, 6.45) is 0. The molecule has 2 aliphatic rings. The van der Waals surface area contributed by atoms with Crippen molar-refractivity contribution in [1.29, 1.82) is 0 Å². The largest absolute Gasteiger partial charge is 0.486 e. The number of fused-ring (bicyclic) bond motifs is 1. The lowest BCUT2D eigenvalue weighted by atomic mass is 10.0. The number of piperazine rings is 1. The first-order valence-corrected chi connectivity index (χ1v) is 9.37. The zero-order valence-corrected chi connectivity index (χ0v) is 15.8. The number of carbonyl (C=O) groups excluding carboxylic acids is 2. The van der Waals surface area contributed by atoms with Crippen LogP contribution in [0.2, 0.25) is 0 Å². The fourth-order valence-electron chi connectivity index (χ4n) is 3.56. The Labute approximate surface area is 163 Å². The first kappa shape index (κ1) is 18.3. The van der Waals surface area contributed by atoms with Crippen molar-refractivity contribution in [2.24, 2.45) is 0 Å². The second-order valence-corrected chi connectivity index (χ2v) is 7.00. The van der Waals surface area contributed by atoms with E-state index in [2.05, 4.69) is 10.2 Å². The van der Waals surface area contributed by atoms with E-state index in [1.165, 1.54) is 0 Å². The molecule has 0 bridgehead atoms. The Morgan fingerprint density at radius 1 is 1.00 bits per heavy atom. The van der Waals surface area contributed by atoms with Crippen LogP contribution in [0.5, 0.6) is 11.5 Å². The summed E-state index contributed by atoms with van der Waals surface area (Å²) in [4.78, 5) is 29.4. The quantitative estimate of drug-likeness (QED) is 0.805. The molecule has 4 rings (SSSR count). The van der Waals surface area contributed by atoms with Gasteiger partial charge in [-0.25, -0.2) is 0 Å². The van der Waals surface area contributed by atoms with E-state index in [0.717, 1.165) is 12.1 Å². The van der Waals surface area contributed by atoms with Crippen molar-refractivity contribution in [2.45, 2.75) is 6.04 Å². The van der Waals surface area contributed by atoms with E-state index in [9.17, 15) is 9.59 Å². The zero-order chi connectivity index (χ0) is 19.5. The smallest absolute Gasteiger partial charge is 0.313 e. The number of nitrogens with zero attached hydrogens (tertiary/aromatic N) is 2. The minimum atomic E-state index is -0.651. The Kier molecular flexibility index (Phi) is 5.16. The summed E-state index contributed by atoms with van der Waals surface area (Å²) in [6, 6.07) is 14.8. The molecular formula is C21H23N3O4. The van der Waals surface area contributed by atoms with Crippen molar-refractivity contribution >= 4 is 17.5 Å². The number of hydrogen-bond acceptors (Lipinski definition) is 5. The number of anilines is 1. The molecule has 2 amide bonds. The summed E-state index contributed by atoms with van der Waals surface area (Å²) in [5, 5.41) is 2.69. The highest BCUT2D eigenvalue weighted by Gasteiger charge is 2.33. The molecule has 0 spiro atoms. The van der Waals surface area contributed by atoms with Crippen LogP contribution in [-0.4, -0.2) is 61.5 Å². The van der Waals surface area contributed by atoms with Gasteiger partial charge in [0.25, 0.3) is 0 Å². The number of carbonyl (C=O) groups is 2. The van der Waals surface area contributed by atoms with Gasteiger partial charge in [-0.15, -0.1) is 0 Å². The van der Waals surface area contributed by atoms with E-state index < -0.39 is 11.8 Å². The van der Waals surface area contributed by atoms with Crippen LogP contribution in [0.4, 0.5) is 5.69 Å². The first-order chi connectivity index (χ1) is 13.6. The van der Waals surface area contributed by atoms with Crippen LogP contribution in [0, 0.1) is 0 Å². The fourth-order valence-corrected chi connectivity index (χ4v) is 3.56. The molecule has 0 saturated carbocycles. The molecule has 2 aromatic carbocycles. The molecule has 146 valence electrons. The average molecular weight is 381 g/mol. The predicted molar refractivity (Wildman–Crippen MR) is 104 cm³/mol. The third kappa shape index (κ3) is 3.80. The van der Waals surface area contributed by atoms with E-state index in [1.54, 1.807) is 23.1 Å². The first-order valence-electron chi connectivity index (χ1n) is 9.37. The van der Waals surface area contributed by atoms with Gasteiger partial charge in [0.1, 0.15) is 13.2 Å². The van der Waals surface area contributed by atoms with E-state index >= 15 is 0 Å². The van der Waals surface area contributed by atoms with E-state index in [4.69, 9.17) is 9.47 Å². The van der Waals surface area contributed by atoms with Crippen molar-refractivity contribution in [3.63, 3.8) is 0 Å². The molecule has 1 saturated heterocycles. The van der Waals surface area contributed by atoms with Crippen molar-refractivity contribution < 1.29 is 19.1 Å². The van der Waals surface area contributed by atoms with Gasteiger partial charge in [0.05, 0.1) is 6.04 Å². The van der Waals surface area contributed by atoms with Crippen LogP contribution < -0.4 is 14.8 Å². The molecule has 0 aromatic heterocycles. The summed E-state index contributed by atoms with van der Waals surface area (Å²) in [5.41, 5.74) is 1.53. The SMILES string of the molecule is CN1CCN(C(=O)C(=O)Nc2ccc3c(c2)OCCO3)[C@H](c2ccccc2)C1. The number of rotatable bonds is 2. The number of nitrogens with one attached hydrogen (secondary N) is 1. The van der Waals surface area contributed by atoms with Gasteiger partial charge in [0.15, 0.2) is 11.5 Å². The van der Waals surface area contributed by atoms with Crippen LogP contribution in [0.1, 0.15) is 11.6 Å². The molecule has 7 nitrogen and oxygen atoms in total. The molecule has 1 atom stereocenters. The highest BCUT2D eigenvalue weighted by atomic mass is 16.6. The Bertz CT molecular complexity index is 871. The van der Waals surface area contributed by atoms with Crippen LogP contribution in [0.15, 0.2) is 48.5 Å². The van der Waals surface area contributed by atoms with E-state index in [-0.39, 0.29) is 6.04 Å². The van der Waals surface area contributed by atoms with Gasteiger partial charge in [0.2, 0.25) is 0 Å².